The van der Waals surface area contributed by atoms with Gasteiger partial charge in [-0.1, -0.05) is 79.6 Å². The summed E-state index contributed by atoms with van der Waals surface area (Å²) >= 11 is 5.78. The van der Waals surface area contributed by atoms with Gasteiger partial charge in [0.15, 0.2) is 0 Å². The smallest absolute Gasteiger partial charge is 0.140 e. The van der Waals surface area contributed by atoms with Crippen LogP contribution in [0.25, 0.3) is 0 Å². The second-order valence-corrected chi connectivity index (χ2v) is 8.08. The van der Waals surface area contributed by atoms with E-state index in [4.69, 9.17) is 16.3 Å². The fraction of sp³-hybridized carbons (Fsp3) is 0.241. The summed E-state index contributed by atoms with van der Waals surface area (Å²) in [6.07, 6.45) is 9.74. The summed E-state index contributed by atoms with van der Waals surface area (Å²) < 4.78 is 19.6. The van der Waals surface area contributed by atoms with Gasteiger partial charge in [0.05, 0.1) is 5.56 Å². The monoisotopic (exact) mass is 446 g/mol. The molecule has 3 heteroatoms. The Kier molecular flexibility index (Phi) is 9.41. The molecule has 1 nitrogen and oxygen atoms in total. The third-order valence-electron chi connectivity index (χ3n) is 5.09. The molecule has 0 saturated carbocycles. The van der Waals surface area contributed by atoms with Crippen molar-refractivity contribution in [2.24, 2.45) is 0 Å². The lowest BCUT2D eigenvalue weighted by atomic mass is 10.0. The Morgan fingerprint density at radius 1 is 0.875 bits per heavy atom. The number of rotatable bonds is 9. The third kappa shape index (κ3) is 7.91. The first-order chi connectivity index (χ1) is 15.6. The van der Waals surface area contributed by atoms with Gasteiger partial charge < -0.3 is 4.74 Å². The van der Waals surface area contributed by atoms with Crippen molar-refractivity contribution in [3.05, 3.63) is 112 Å². The Morgan fingerprint density at radius 2 is 1.56 bits per heavy atom. The van der Waals surface area contributed by atoms with Crippen molar-refractivity contribution < 1.29 is 9.13 Å². The molecule has 164 valence electrons. The molecule has 0 aliphatic carbocycles. The molecule has 3 rings (SSSR count). The second kappa shape index (κ2) is 12.7. The Balaban J connectivity index is 1.47. The van der Waals surface area contributed by atoms with E-state index in [0.717, 1.165) is 30.6 Å². The van der Waals surface area contributed by atoms with Crippen molar-refractivity contribution in [2.75, 3.05) is 6.61 Å². The van der Waals surface area contributed by atoms with Crippen LogP contribution in [0.15, 0.2) is 78.9 Å². The van der Waals surface area contributed by atoms with Gasteiger partial charge in [0.2, 0.25) is 0 Å². The maximum absolute atomic E-state index is 13.8. The molecular formula is C29H28ClFO. The predicted molar refractivity (Wildman–Crippen MR) is 132 cm³/mol. The lowest BCUT2D eigenvalue weighted by molar-refractivity contribution is 0.362. The average molecular weight is 447 g/mol. The van der Waals surface area contributed by atoms with E-state index in [-0.39, 0.29) is 0 Å². The molecular weight excluding hydrogens is 419 g/mol. The van der Waals surface area contributed by atoms with Gasteiger partial charge in [0.1, 0.15) is 18.2 Å². The number of unbranched alkanes of at least 4 members (excludes halogenated alkanes) is 2. The molecule has 0 N–H and O–H groups in total. The SMILES string of the molecule is CCCC/C=C/COc1ccc(CCc2ccc(C#Cc3ccc(Cl)cc3F)cc2)cc1. The maximum Gasteiger partial charge on any atom is 0.140 e. The molecule has 3 aromatic carbocycles. The number of allylic oxidation sites excluding steroid dienone is 1. The minimum Gasteiger partial charge on any atom is -0.490 e. The number of aryl methyl sites for hydroxylation is 2. The molecule has 0 fully saturated rings. The number of ether oxygens (including phenoxy) is 1. The molecule has 0 unspecified atom stereocenters. The first-order valence-corrected chi connectivity index (χ1v) is 11.4. The van der Waals surface area contributed by atoms with Crippen LogP contribution >= 0.6 is 11.6 Å². The first-order valence-electron chi connectivity index (χ1n) is 11.1. The summed E-state index contributed by atoms with van der Waals surface area (Å²) in [7, 11) is 0. The molecule has 0 amide bonds. The van der Waals surface area contributed by atoms with E-state index in [2.05, 4.69) is 55.2 Å². The molecule has 0 radical (unpaired) electrons. The highest BCUT2D eigenvalue weighted by Gasteiger charge is 2.00. The van der Waals surface area contributed by atoms with E-state index in [1.54, 1.807) is 12.1 Å². The van der Waals surface area contributed by atoms with Crippen molar-refractivity contribution in [3.8, 4) is 17.6 Å². The average Bonchev–Trinajstić information content (AvgIpc) is 2.81. The van der Waals surface area contributed by atoms with E-state index >= 15 is 0 Å². The highest BCUT2D eigenvalue weighted by molar-refractivity contribution is 6.30. The number of benzene rings is 3. The number of hydrogen-bond donors (Lipinski definition) is 0. The molecule has 0 bridgehead atoms. The van der Waals surface area contributed by atoms with E-state index in [1.165, 1.54) is 30.0 Å². The normalized spacial score (nSPS) is 10.7. The van der Waals surface area contributed by atoms with Crippen molar-refractivity contribution >= 4 is 11.6 Å². The molecule has 0 aliphatic rings. The van der Waals surface area contributed by atoms with Crippen LogP contribution in [-0.4, -0.2) is 6.61 Å². The molecule has 3 aromatic rings. The van der Waals surface area contributed by atoms with Crippen LogP contribution in [0.5, 0.6) is 5.75 Å². The van der Waals surface area contributed by atoms with Crippen molar-refractivity contribution in [1.29, 1.82) is 0 Å². The molecule has 0 aliphatic heterocycles. The van der Waals surface area contributed by atoms with Gasteiger partial charge in [-0.15, -0.1) is 0 Å². The standard InChI is InChI=1S/C29H28ClFO/c1-2-3-4-5-6-21-32-28-19-14-25(15-20-28)12-9-23-7-10-24(11-8-23)13-16-26-17-18-27(30)22-29(26)31/h5-8,10-11,14-15,17-20,22H,2-4,9,12,21H2,1H3/b6-5+. The minimum atomic E-state index is -0.401. The van der Waals surface area contributed by atoms with Crippen LogP contribution in [0, 0.1) is 17.7 Å². The highest BCUT2D eigenvalue weighted by atomic mass is 35.5. The Hall–Kier alpha value is -3.02. The van der Waals surface area contributed by atoms with Gasteiger partial charge >= 0.3 is 0 Å². The second-order valence-electron chi connectivity index (χ2n) is 7.64. The zero-order chi connectivity index (χ0) is 22.6. The lowest BCUT2D eigenvalue weighted by Crippen LogP contribution is -1.95. The molecule has 0 atom stereocenters. The van der Waals surface area contributed by atoms with Crippen LogP contribution in [-0.2, 0) is 12.8 Å². The predicted octanol–water partition coefficient (Wildman–Crippen LogP) is 7.79. The van der Waals surface area contributed by atoms with Gasteiger partial charge in [0.25, 0.3) is 0 Å². The van der Waals surface area contributed by atoms with Crippen molar-refractivity contribution in [1.82, 2.24) is 0 Å². The zero-order valence-electron chi connectivity index (χ0n) is 18.4. The fourth-order valence-corrected chi connectivity index (χ4v) is 3.34. The van der Waals surface area contributed by atoms with Crippen molar-refractivity contribution in [2.45, 2.75) is 39.0 Å². The topological polar surface area (TPSA) is 9.23 Å². The van der Waals surface area contributed by atoms with E-state index in [1.807, 2.05) is 24.3 Å². The lowest BCUT2D eigenvalue weighted by Gasteiger charge is -2.06. The Bertz CT molecular complexity index is 1070. The molecule has 0 saturated heterocycles. The summed E-state index contributed by atoms with van der Waals surface area (Å²) in [6.45, 7) is 2.81. The number of hydrogen-bond acceptors (Lipinski definition) is 1. The van der Waals surface area contributed by atoms with Crippen LogP contribution < -0.4 is 4.74 Å². The Morgan fingerprint density at radius 3 is 2.22 bits per heavy atom. The van der Waals surface area contributed by atoms with Gasteiger partial charge in [-0.25, -0.2) is 4.39 Å². The van der Waals surface area contributed by atoms with Crippen LogP contribution in [0.4, 0.5) is 4.39 Å². The highest BCUT2D eigenvalue weighted by Crippen LogP contribution is 2.16. The first kappa shape index (κ1) is 23.6. The summed E-state index contributed by atoms with van der Waals surface area (Å²) in [6, 6.07) is 20.9. The molecule has 0 heterocycles. The van der Waals surface area contributed by atoms with E-state index in [9.17, 15) is 4.39 Å². The summed E-state index contributed by atoms with van der Waals surface area (Å²) in [5, 5.41) is 0.370. The quantitative estimate of drug-likeness (QED) is 0.185. The number of halogens is 2. The fourth-order valence-electron chi connectivity index (χ4n) is 3.18. The molecule has 0 aromatic heterocycles. The largest absolute Gasteiger partial charge is 0.490 e. The van der Waals surface area contributed by atoms with Gasteiger partial charge in [-0.2, -0.15) is 0 Å². The summed E-state index contributed by atoms with van der Waals surface area (Å²) in [5.41, 5.74) is 3.72. The van der Waals surface area contributed by atoms with Gasteiger partial charge in [-0.05, 0) is 72.9 Å². The Labute approximate surface area is 195 Å². The maximum atomic E-state index is 13.8. The molecule has 32 heavy (non-hydrogen) atoms. The van der Waals surface area contributed by atoms with E-state index < -0.39 is 5.82 Å². The zero-order valence-corrected chi connectivity index (χ0v) is 19.2. The van der Waals surface area contributed by atoms with Crippen LogP contribution in [0.3, 0.4) is 0 Å². The summed E-state index contributed by atoms with van der Waals surface area (Å²) in [4.78, 5) is 0. The van der Waals surface area contributed by atoms with E-state index in [0.29, 0.717) is 17.2 Å². The van der Waals surface area contributed by atoms with Crippen molar-refractivity contribution in [3.63, 3.8) is 0 Å². The third-order valence-corrected chi connectivity index (χ3v) is 5.32. The van der Waals surface area contributed by atoms with Crippen LogP contribution in [0.1, 0.15) is 48.4 Å². The summed E-state index contributed by atoms with van der Waals surface area (Å²) in [5.74, 6) is 6.37. The minimum absolute atomic E-state index is 0.346. The van der Waals surface area contributed by atoms with Crippen LogP contribution in [0.2, 0.25) is 5.02 Å². The molecule has 0 spiro atoms. The van der Waals surface area contributed by atoms with Gasteiger partial charge in [-0.3, -0.25) is 0 Å². The van der Waals surface area contributed by atoms with Gasteiger partial charge in [0, 0.05) is 10.6 Å².